The molecule has 0 bridgehead atoms. The number of alkyl halides is 3. The molecule has 9 heteroatoms. The normalized spacial score (nSPS) is 15.3. The monoisotopic (exact) mass is 402 g/mol. The Hall–Kier alpha value is -1.84. The SMILES string of the molecule is O=S(=O)(C1=C(c2cccs2)c2sc3ccccc3c2OC1)C(F)(F)F. The molecule has 3 heterocycles. The Bertz CT molecular complexity index is 1090. The summed E-state index contributed by atoms with van der Waals surface area (Å²) in [7, 11) is -5.49. The van der Waals surface area contributed by atoms with Gasteiger partial charge < -0.3 is 4.74 Å². The standard InChI is InChI=1S/C16H9F3O3S3/c17-16(18,19)25(20,21)12-8-22-14-9-4-1-2-5-10(9)24-15(14)13(12)11-6-3-7-23-11/h1-7H,8H2. The highest BCUT2D eigenvalue weighted by atomic mass is 32.2. The Morgan fingerprint density at radius 1 is 1.08 bits per heavy atom. The molecule has 0 saturated carbocycles. The van der Waals surface area contributed by atoms with Crippen LogP contribution in [0, 0.1) is 0 Å². The number of sulfone groups is 1. The molecule has 0 radical (unpaired) electrons. The fourth-order valence-electron chi connectivity index (χ4n) is 2.69. The minimum Gasteiger partial charge on any atom is -0.486 e. The van der Waals surface area contributed by atoms with Crippen LogP contribution < -0.4 is 4.74 Å². The molecule has 0 N–H and O–H groups in total. The van der Waals surface area contributed by atoms with Crippen molar-refractivity contribution in [3.05, 3.63) is 56.4 Å². The van der Waals surface area contributed by atoms with E-state index in [1.807, 2.05) is 12.1 Å². The zero-order valence-electron chi connectivity index (χ0n) is 12.3. The van der Waals surface area contributed by atoms with Crippen LogP contribution in [-0.4, -0.2) is 20.5 Å². The first-order valence-corrected chi connectivity index (χ1v) is 10.2. The highest BCUT2D eigenvalue weighted by Crippen LogP contribution is 2.50. The summed E-state index contributed by atoms with van der Waals surface area (Å²) in [5.74, 6) is 0.435. The molecule has 130 valence electrons. The second-order valence-electron chi connectivity index (χ2n) is 5.27. The number of ether oxygens (including phenoxy) is 1. The summed E-state index contributed by atoms with van der Waals surface area (Å²) in [5, 5.41) is 2.46. The average Bonchev–Trinajstić information content (AvgIpc) is 3.20. The van der Waals surface area contributed by atoms with Crippen LogP contribution in [-0.2, 0) is 9.84 Å². The Kier molecular flexibility index (Phi) is 3.71. The summed E-state index contributed by atoms with van der Waals surface area (Å²) in [5.41, 5.74) is -5.28. The van der Waals surface area contributed by atoms with Gasteiger partial charge in [-0.15, -0.1) is 22.7 Å². The van der Waals surface area contributed by atoms with E-state index in [-0.39, 0.29) is 5.57 Å². The van der Waals surface area contributed by atoms with E-state index in [2.05, 4.69) is 0 Å². The third-order valence-electron chi connectivity index (χ3n) is 3.80. The molecule has 0 amide bonds. The number of hydrogen-bond acceptors (Lipinski definition) is 5. The third-order valence-corrected chi connectivity index (χ3v) is 7.44. The van der Waals surface area contributed by atoms with Gasteiger partial charge in [0, 0.05) is 20.5 Å². The molecule has 1 aliphatic heterocycles. The average molecular weight is 402 g/mol. The van der Waals surface area contributed by atoms with Gasteiger partial charge in [-0.3, -0.25) is 0 Å². The Morgan fingerprint density at radius 2 is 1.84 bits per heavy atom. The van der Waals surface area contributed by atoms with Crippen LogP contribution in [0.5, 0.6) is 5.75 Å². The Morgan fingerprint density at radius 3 is 2.52 bits per heavy atom. The molecule has 2 aromatic heterocycles. The van der Waals surface area contributed by atoms with E-state index < -0.39 is 26.9 Å². The van der Waals surface area contributed by atoms with Gasteiger partial charge in [0.15, 0.2) is 0 Å². The van der Waals surface area contributed by atoms with Crippen molar-refractivity contribution in [3.8, 4) is 5.75 Å². The summed E-state index contributed by atoms with van der Waals surface area (Å²) in [6, 6.07) is 10.5. The fourth-order valence-corrected chi connectivity index (χ4v) is 5.89. The van der Waals surface area contributed by atoms with Crippen molar-refractivity contribution in [1.29, 1.82) is 0 Å². The van der Waals surface area contributed by atoms with E-state index in [9.17, 15) is 21.6 Å². The first kappa shape index (κ1) is 16.6. The quantitative estimate of drug-likeness (QED) is 0.603. The Balaban J connectivity index is 2.08. The van der Waals surface area contributed by atoms with Crippen LogP contribution in [0.1, 0.15) is 9.75 Å². The largest absolute Gasteiger partial charge is 0.501 e. The molecule has 0 saturated heterocycles. The minimum absolute atomic E-state index is 0.0924. The fraction of sp³-hybridized carbons (Fsp3) is 0.125. The van der Waals surface area contributed by atoms with Crippen LogP contribution in [0.2, 0.25) is 0 Å². The van der Waals surface area contributed by atoms with Crippen molar-refractivity contribution in [2.45, 2.75) is 5.51 Å². The summed E-state index contributed by atoms with van der Waals surface area (Å²) >= 11 is 2.42. The van der Waals surface area contributed by atoms with Gasteiger partial charge in [-0.1, -0.05) is 18.2 Å². The molecule has 25 heavy (non-hydrogen) atoms. The molecule has 1 aromatic carbocycles. The van der Waals surface area contributed by atoms with Crippen LogP contribution in [0.25, 0.3) is 15.7 Å². The summed E-state index contributed by atoms with van der Waals surface area (Å²) in [6.45, 7) is -0.636. The molecule has 4 rings (SSSR count). The lowest BCUT2D eigenvalue weighted by molar-refractivity contribution is -0.0428. The number of halogens is 3. The lowest BCUT2D eigenvalue weighted by Crippen LogP contribution is -2.29. The smallest absolute Gasteiger partial charge is 0.486 e. The maximum absolute atomic E-state index is 13.1. The van der Waals surface area contributed by atoms with Crippen LogP contribution >= 0.6 is 22.7 Å². The maximum atomic E-state index is 13.1. The van der Waals surface area contributed by atoms with E-state index in [0.29, 0.717) is 15.5 Å². The zero-order chi connectivity index (χ0) is 17.8. The summed E-state index contributed by atoms with van der Waals surface area (Å²) in [4.78, 5) is 0.151. The first-order valence-electron chi connectivity index (χ1n) is 7.04. The Labute approximate surface area is 148 Å². The predicted molar refractivity (Wildman–Crippen MR) is 92.6 cm³/mol. The molecule has 3 aromatic rings. The van der Waals surface area contributed by atoms with E-state index in [1.165, 1.54) is 22.7 Å². The second-order valence-corrected chi connectivity index (χ2v) is 9.23. The zero-order valence-corrected chi connectivity index (χ0v) is 14.8. The van der Waals surface area contributed by atoms with E-state index in [0.717, 1.165) is 10.1 Å². The van der Waals surface area contributed by atoms with Crippen LogP contribution in [0.4, 0.5) is 13.2 Å². The van der Waals surface area contributed by atoms with E-state index >= 15 is 0 Å². The molecule has 3 nitrogen and oxygen atoms in total. The van der Waals surface area contributed by atoms with Crippen LogP contribution in [0.15, 0.2) is 46.7 Å². The summed E-state index contributed by atoms with van der Waals surface area (Å²) < 4.78 is 69.9. The maximum Gasteiger partial charge on any atom is 0.501 e. The van der Waals surface area contributed by atoms with Crippen molar-refractivity contribution in [1.82, 2.24) is 0 Å². The molecule has 0 aliphatic carbocycles. The molecule has 0 atom stereocenters. The van der Waals surface area contributed by atoms with Gasteiger partial charge in [-0.2, -0.15) is 13.2 Å². The number of thiophene rings is 2. The van der Waals surface area contributed by atoms with Crippen molar-refractivity contribution in [3.63, 3.8) is 0 Å². The highest BCUT2D eigenvalue weighted by molar-refractivity contribution is 7.96. The number of hydrogen-bond donors (Lipinski definition) is 0. The van der Waals surface area contributed by atoms with Gasteiger partial charge in [0.2, 0.25) is 0 Å². The number of rotatable bonds is 2. The topological polar surface area (TPSA) is 43.4 Å². The van der Waals surface area contributed by atoms with Gasteiger partial charge in [0.1, 0.15) is 17.3 Å². The minimum atomic E-state index is -5.49. The third kappa shape index (κ3) is 2.49. The van der Waals surface area contributed by atoms with Crippen molar-refractivity contribution in [2.75, 3.05) is 6.61 Å². The molecule has 1 aliphatic rings. The molecule has 0 fully saturated rings. The first-order chi connectivity index (χ1) is 11.8. The number of benzene rings is 1. The van der Waals surface area contributed by atoms with Gasteiger partial charge in [-0.05, 0) is 23.6 Å². The summed E-state index contributed by atoms with van der Waals surface area (Å²) in [6.07, 6.45) is 0. The molecule has 0 unspecified atom stereocenters. The van der Waals surface area contributed by atoms with Gasteiger partial charge >= 0.3 is 5.51 Å². The van der Waals surface area contributed by atoms with E-state index in [1.54, 1.807) is 29.6 Å². The van der Waals surface area contributed by atoms with Gasteiger partial charge in [0.25, 0.3) is 9.84 Å². The van der Waals surface area contributed by atoms with Crippen molar-refractivity contribution < 1.29 is 26.3 Å². The van der Waals surface area contributed by atoms with Crippen LogP contribution in [0.3, 0.4) is 0 Å². The predicted octanol–water partition coefficient (Wildman–Crippen LogP) is 5.05. The number of fused-ring (bicyclic) bond motifs is 3. The van der Waals surface area contributed by atoms with Gasteiger partial charge in [0.05, 0.1) is 4.88 Å². The van der Waals surface area contributed by atoms with Crippen molar-refractivity contribution >= 4 is 48.2 Å². The lowest BCUT2D eigenvalue weighted by atomic mass is 10.1. The van der Waals surface area contributed by atoms with Gasteiger partial charge in [-0.25, -0.2) is 8.42 Å². The van der Waals surface area contributed by atoms with Crippen molar-refractivity contribution in [2.24, 2.45) is 0 Å². The molecular weight excluding hydrogens is 393 g/mol. The highest BCUT2D eigenvalue weighted by Gasteiger charge is 2.51. The second kappa shape index (κ2) is 5.58. The molecule has 0 spiro atoms. The lowest BCUT2D eigenvalue weighted by Gasteiger charge is -2.22. The molecular formula is C16H9F3O3S3. The van der Waals surface area contributed by atoms with E-state index in [4.69, 9.17) is 4.74 Å².